The molecule has 4 fully saturated rings. The molecule has 3 N–H and O–H groups in total. The van der Waals surface area contributed by atoms with Crippen LogP contribution < -0.4 is 15.4 Å². The van der Waals surface area contributed by atoms with Crippen LogP contribution in [0.15, 0.2) is 18.2 Å². The van der Waals surface area contributed by atoms with Crippen LogP contribution in [0.25, 0.3) is 0 Å². The number of imide groups is 1. The summed E-state index contributed by atoms with van der Waals surface area (Å²) in [5.41, 5.74) is -1.83. The molecule has 164 valence electrons. The Balaban J connectivity index is 1.54. The average molecular weight is 425 g/mol. The van der Waals surface area contributed by atoms with Gasteiger partial charge in [-0.05, 0) is 74.8 Å². The van der Waals surface area contributed by atoms with Crippen LogP contribution in [-0.4, -0.2) is 65.1 Å². The topological polar surface area (TPSA) is 108 Å². The van der Waals surface area contributed by atoms with Crippen molar-refractivity contribution in [3.63, 3.8) is 0 Å². The molecule has 2 heterocycles. The van der Waals surface area contributed by atoms with Gasteiger partial charge in [0.1, 0.15) is 17.3 Å². The van der Waals surface area contributed by atoms with Crippen LogP contribution in [0.4, 0.5) is 4.79 Å². The van der Waals surface area contributed by atoms with Crippen molar-refractivity contribution < 1.29 is 24.2 Å². The van der Waals surface area contributed by atoms with Gasteiger partial charge in [-0.1, -0.05) is 0 Å². The molecule has 0 radical (unpaired) electrons. The number of nitrogens with zero attached hydrogens (tertiary/aromatic N) is 1. The van der Waals surface area contributed by atoms with Gasteiger partial charge in [0.15, 0.2) is 5.78 Å². The number of Topliss-reactive ketones (excluding diaryl/α,β-unsaturated/α-hetero) is 1. The molecule has 8 heteroatoms. The number of nitrogens with one attached hydrogen (secondary N) is 2. The van der Waals surface area contributed by atoms with Crippen LogP contribution in [0.1, 0.15) is 54.4 Å². The van der Waals surface area contributed by atoms with Crippen molar-refractivity contribution in [3.05, 3.63) is 29.3 Å². The van der Waals surface area contributed by atoms with E-state index in [2.05, 4.69) is 15.5 Å². The zero-order chi connectivity index (χ0) is 21.6. The Morgan fingerprint density at radius 3 is 2.68 bits per heavy atom. The minimum absolute atomic E-state index is 0.0491. The van der Waals surface area contributed by atoms with Gasteiger partial charge in [0.2, 0.25) is 0 Å². The summed E-state index contributed by atoms with van der Waals surface area (Å²) in [7, 11) is 1.57. The second kappa shape index (κ2) is 6.07. The third kappa shape index (κ3) is 2.40. The standard InChI is InChI=1S/C23H27N3O5/c1-31-14-4-5-15-16(10-14)21-8-9-26(11-13-2-3-13)18(17(15)27)23(21,30)7-6-22(12-21)19(28)24-20(29)25-22/h4-5,10,13,18,30H,2-3,6-9,11-12H2,1H3,(H2,24,25,28,29)/t18-,21?,22+,23-/m1/s1. The molecule has 2 saturated carbocycles. The average Bonchev–Trinajstić information content (AvgIpc) is 3.51. The molecule has 1 aromatic rings. The van der Waals surface area contributed by atoms with Gasteiger partial charge in [0.25, 0.3) is 5.91 Å². The number of urea groups is 1. The van der Waals surface area contributed by atoms with Gasteiger partial charge in [-0.3, -0.25) is 19.8 Å². The Morgan fingerprint density at radius 2 is 2.00 bits per heavy atom. The lowest BCUT2D eigenvalue weighted by Crippen LogP contribution is -2.77. The van der Waals surface area contributed by atoms with E-state index in [9.17, 15) is 19.5 Å². The van der Waals surface area contributed by atoms with Crippen molar-refractivity contribution in [3.8, 4) is 5.75 Å². The minimum atomic E-state index is -1.30. The Morgan fingerprint density at radius 1 is 1.19 bits per heavy atom. The largest absolute Gasteiger partial charge is 0.497 e. The van der Waals surface area contributed by atoms with Crippen molar-refractivity contribution in [2.75, 3.05) is 20.2 Å². The normalized spacial score (nSPS) is 39.0. The van der Waals surface area contributed by atoms with Crippen LogP contribution in [0.2, 0.25) is 0 Å². The summed E-state index contributed by atoms with van der Waals surface area (Å²) in [5.74, 6) is 0.817. The summed E-state index contributed by atoms with van der Waals surface area (Å²) < 4.78 is 5.45. The third-order valence-corrected chi connectivity index (χ3v) is 8.47. The number of carbonyl (C=O) groups is 3. The molecular weight excluding hydrogens is 398 g/mol. The van der Waals surface area contributed by atoms with Gasteiger partial charge in [-0.15, -0.1) is 0 Å². The lowest BCUT2D eigenvalue weighted by molar-refractivity contribution is -0.167. The number of hydrogen-bond donors (Lipinski definition) is 3. The van der Waals surface area contributed by atoms with Crippen LogP contribution in [0.3, 0.4) is 0 Å². The van der Waals surface area contributed by atoms with Gasteiger partial charge in [-0.25, -0.2) is 4.79 Å². The number of fused-ring (bicyclic) bond motifs is 1. The number of aliphatic hydroxyl groups is 1. The molecule has 5 aliphatic rings. The van der Waals surface area contributed by atoms with Gasteiger partial charge in [0, 0.05) is 17.5 Å². The van der Waals surface area contributed by atoms with E-state index in [1.54, 1.807) is 19.2 Å². The predicted octanol–water partition coefficient (Wildman–Crippen LogP) is 1.11. The van der Waals surface area contributed by atoms with Crippen LogP contribution >= 0.6 is 0 Å². The molecule has 2 aliphatic heterocycles. The number of rotatable bonds is 3. The number of piperidine rings is 1. The molecule has 1 spiro atoms. The first-order chi connectivity index (χ1) is 14.8. The van der Waals surface area contributed by atoms with Crippen molar-refractivity contribution >= 4 is 17.7 Å². The number of amides is 3. The number of benzene rings is 1. The Hall–Kier alpha value is -2.45. The maximum Gasteiger partial charge on any atom is 0.322 e. The molecule has 1 unspecified atom stereocenters. The molecule has 3 amide bonds. The number of hydrogen-bond acceptors (Lipinski definition) is 6. The van der Waals surface area contributed by atoms with E-state index >= 15 is 0 Å². The van der Waals surface area contributed by atoms with Crippen molar-refractivity contribution in [1.82, 2.24) is 15.5 Å². The van der Waals surface area contributed by atoms with Gasteiger partial charge in [0.05, 0.1) is 12.7 Å². The minimum Gasteiger partial charge on any atom is -0.497 e. The zero-order valence-electron chi connectivity index (χ0n) is 17.6. The summed E-state index contributed by atoms with van der Waals surface area (Å²) in [4.78, 5) is 40.8. The molecule has 8 nitrogen and oxygen atoms in total. The smallest absolute Gasteiger partial charge is 0.322 e. The molecule has 1 aromatic carbocycles. The van der Waals surface area contributed by atoms with E-state index < -0.39 is 28.6 Å². The number of ether oxygens (including phenoxy) is 1. The lowest BCUT2D eigenvalue weighted by atomic mass is 9.46. The number of ketones is 1. The first-order valence-electron chi connectivity index (χ1n) is 11.1. The number of methoxy groups -OCH3 is 1. The first kappa shape index (κ1) is 19.3. The summed E-state index contributed by atoms with van der Waals surface area (Å²) in [6, 6.07) is 4.30. The predicted molar refractivity (Wildman–Crippen MR) is 110 cm³/mol. The van der Waals surface area contributed by atoms with Crippen molar-refractivity contribution in [2.45, 2.75) is 61.1 Å². The van der Waals surface area contributed by atoms with E-state index in [1.165, 1.54) is 12.8 Å². The van der Waals surface area contributed by atoms with Crippen molar-refractivity contribution in [1.29, 1.82) is 0 Å². The fourth-order valence-electron chi connectivity index (χ4n) is 6.78. The van der Waals surface area contributed by atoms with Crippen LogP contribution in [0.5, 0.6) is 5.75 Å². The second-order valence-corrected chi connectivity index (χ2v) is 10.0. The fraction of sp³-hybridized carbons (Fsp3) is 0.609. The molecule has 6 rings (SSSR count). The second-order valence-electron chi connectivity index (χ2n) is 10.0. The van der Waals surface area contributed by atoms with E-state index in [1.807, 2.05) is 6.07 Å². The van der Waals surface area contributed by atoms with Gasteiger partial charge in [-0.2, -0.15) is 0 Å². The van der Waals surface area contributed by atoms with E-state index in [-0.39, 0.29) is 24.5 Å². The van der Waals surface area contributed by atoms with E-state index in [0.29, 0.717) is 36.6 Å². The molecule has 2 bridgehead atoms. The van der Waals surface area contributed by atoms with Crippen LogP contribution in [0, 0.1) is 5.92 Å². The summed E-state index contributed by atoms with van der Waals surface area (Å²) >= 11 is 0. The SMILES string of the molecule is COc1ccc2c(c1)C13CCN(CC4CC4)[C@H](C2=O)[C@]1(O)CC[C@@]1(C3)NC(=O)NC1=O. The van der Waals surface area contributed by atoms with Gasteiger partial charge < -0.3 is 15.2 Å². The highest BCUT2D eigenvalue weighted by Gasteiger charge is 2.71. The maximum absolute atomic E-state index is 13.7. The maximum atomic E-state index is 13.7. The van der Waals surface area contributed by atoms with E-state index in [0.717, 1.165) is 12.1 Å². The summed E-state index contributed by atoms with van der Waals surface area (Å²) in [6.45, 7) is 1.50. The lowest BCUT2D eigenvalue weighted by Gasteiger charge is -2.65. The summed E-state index contributed by atoms with van der Waals surface area (Å²) in [6.07, 6.45) is 3.81. The molecule has 0 aromatic heterocycles. The van der Waals surface area contributed by atoms with Crippen LogP contribution in [-0.2, 0) is 10.2 Å². The molecule has 4 atom stereocenters. The zero-order valence-corrected chi connectivity index (χ0v) is 17.6. The van der Waals surface area contributed by atoms with Crippen molar-refractivity contribution in [2.24, 2.45) is 5.92 Å². The Kier molecular flexibility index (Phi) is 3.77. The quantitative estimate of drug-likeness (QED) is 0.626. The Labute approximate surface area is 180 Å². The first-order valence-corrected chi connectivity index (χ1v) is 11.1. The number of likely N-dealkylation sites (tertiary alicyclic amines) is 1. The fourth-order valence-corrected chi connectivity index (χ4v) is 6.78. The third-order valence-electron chi connectivity index (χ3n) is 8.47. The Bertz CT molecular complexity index is 1020. The summed E-state index contributed by atoms with van der Waals surface area (Å²) in [5, 5.41) is 17.5. The molecule has 3 aliphatic carbocycles. The highest BCUT2D eigenvalue weighted by Crippen LogP contribution is 2.61. The highest BCUT2D eigenvalue weighted by molar-refractivity contribution is 6.08. The van der Waals surface area contributed by atoms with Gasteiger partial charge >= 0.3 is 6.03 Å². The monoisotopic (exact) mass is 425 g/mol. The van der Waals surface area contributed by atoms with E-state index in [4.69, 9.17) is 4.74 Å². The highest BCUT2D eigenvalue weighted by atomic mass is 16.5. The number of carbonyl (C=O) groups excluding carboxylic acids is 3. The molecular formula is C23H27N3O5. The molecule has 2 saturated heterocycles. The molecule has 31 heavy (non-hydrogen) atoms.